The molecule has 1 fully saturated rings. The van der Waals surface area contributed by atoms with Gasteiger partial charge in [0.2, 0.25) is 15.9 Å². The van der Waals surface area contributed by atoms with Gasteiger partial charge in [-0.25, -0.2) is 17.7 Å². The molecule has 6 nitrogen and oxygen atoms in total. The third-order valence-electron chi connectivity index (χ3n) is 5.10. The number of likely N-dealkylation sites (tertiary alicyclic amines) is 1. The zero-order chi connectivity index (χ0) is 18.9. The topological polar surface area (TPSA) is 66.7 Å². The van der Waals surface area contributed by atoms with Crippen molar-refractivity contribution in [2.24, 2.45) is 0 Å². The summed E-state index contributed by atoms with van der Waals surface area (Å²) in [6.07, 6.45) is 3.41. The molecule has 0 saturated carbocycles. The molecule has 1 aliphatic rings. The number of rotatable bonds is 6. The van der Waals surface area contributed by atoms with E-state index in [0.29, 0.717) is 11.9 Å². The first kappa shape index (κ1) is 19.1. The summed E-state index contributed by atoms with van der Waals surface area (Å²) >= 11 is 0. The van der Waals surface area contributed by atoms with E-state index < -0.39 is 10.0 Å². The van der Waals surface area contributed by atoms with Crippen LogP contribution in [0.5, 0.6) is 0 Å². The Morgan fingerprint density at radius 2 is 1.96 bits per heavy atom. The average molecular weight is 378 g/mol. The van der Waals surface area contributed by atoms with E-state index in [2.05, 4.69) is 16.8 Å². The molecule has 3 rings (SSSR count). The van der Waals surface area contributed by atoms with E-state index in [1.165, 1.54) is 31.2 Å². The first-order valence-corrected chi connectivity index (χ1v) is 10.5. The molecule has 142 valence electrons. The fourth-order valence-electron chi connectivity index (χ4n) is 3.34. The highest BCUT2D eigenvalue weighted by Gasteiger charge is 2.21. The Hall–Kier alpha value is -1.70. The number of benzene rings is 1. The van der Waals surface area contributed by atoms with E-state index in [0.717, 1.165) is 36.5 Å². The molecule has 2 heterocycles. The molecule has 0 bridgehead atoms. The molecule has 0 aliphatic carbocycles. The van der Waals surface area contributed by atoms with Gasteiger partial charge in [-0.2, -0.15) is 0 Å². The molecular weight excluding hydrogens is 350 g/mol. The van der Waals surface area contributed by atoms with Crippen LogP contribution in [-0.2, 0) is 16.4 Å². The lowest BCUT2D eigenvalue weighted by molar-refractivity contribution is 0.271. The maximum Gasteiger partial charge on any atom is 0.242 e. The summed E-state index contributed by atoms with van der Waals surface area (Å²) in [4.78, 5) is 7.40. The van der Waals surface area contributed by atoms with Crippen LogP contribution < -0.4 is 0 Å². The highest BCUT2D eigenvalue weighted by Crippen LogP contribution is 2.25. The van der Waals surface area contributed by atoms with Crippen LogP contribution in [0.25, 0.3) is 11.5 Å². The Bertz CT molecular complexity index is 857. The summed E-state index contributed by atoms with van der Waals surface area (Å²) in [5, 5.41) is 0. The summed E-state index contributed by atoms with van der Waals surface area (Å²) in [6.45, 7) is 6.36. The third-order valence-corrected chi connectivity index (χ3v) is 6.93. The van der Waals surface area contributed by atoms with E-state index in [1.807, 2.05) is 6.92 Å². The summed E-state index contributed by atoms with van der Waals surface area (Å²) in [6, 6.07) is 7.32. The molecule has 0 radical (unpaired) electrons. The van der Waals surface area contributed by atoms with Crippen molar-refractivity contribution in [1.29, 1.82) is 0 Å². The van der Waals surface area contributed by atoms with Crippen molar-refractivity contribution >= 4 is 10.0 Å². The number of hydrogen-bond donors (Lipinski definition) is 0. The number of nitrogens with zero attached hydrogens (tertiary/aromatic N) is 3. The van der Waals surface area contributed by atoms with Crippen LogP contribution in [-0.4, -0.2) is 55.8 Å². The molecule has 0 N–H and O–H groups in total. The largest absolute Gasteiger partial charge is 0.441 e. The Kier molecular flexibility index (Phi) is 5.50. The fraction of sp³-hybridized carbons (Fsp3) is 0.526. The molecule has 7 heteroatoms. The standard InChI is InChI=1S/C19H27N3O3S/c1-14-6-5-12-22(14)13-11-18-15(2)25-19(20-18)16-7-9-17(10-8-16)26(23,24)21(3)4/h7-10,14H,5-6,11-13H2,1-4H3. The van der Waals surface area contributed by atoms with Crippen molar-refractivity contribution in [1.82, 2.24) is 14.2 Å². The number of aromatic nitrogens is 1. The number of aryl methyl sites for hydroxylation is 1. The maximum absolute atomic E-state index is 12.2. The predicted octanol–water partition coefficient (Wildman–Crippen LogP) is 2.93. The molecule has 1 unspecified atom stereocenters. The first-order chi connectivity index (χ1) is 12.3. The second kappa shape index (κ2) is 7.50. The second-order valence-corrected chi connectivity index (χ2v) is 9.26. The number of sulfonamides is 1. The van der Waals surface area contributed by atoms with Gasteiger partial charge in [0.05, 0.1) is 10.6 Å². The molecule has 0 spiro atoms. The Labute approximate surface area is 155 Å². The Balaban J connectivity index is 1.74. The molecular formula is C19H27N3O3S. The molecule has 2 aromatic rings. The smallest absolute Gasteiger partial charge is 0.242 e. The van der Waals surface area contributed by atoms with Gasteiger partial charge in [0.1, 0.15) is 5.76 Å². The lowest BCUT2D eigenvalue weighted by atomic mass is 10.2. The van der Waals surface area contributed by atoms with Crippen LogP contribution in [0.3, 0.4) is 0 Å². The number of oxazole rings is 1. The maximum atomic E-state index is 12.2. The monoisotopic (exact) mass is 377 g/mol. The van der Waals surface area contributed by atoms with Crippen LogP contribution >= 0.6 is 0 Å². The van der Waals surface area contributed by atoms with Gasteiger partial charge in [0.15, 0.2) is 0 Å². The Morgan fingerprint density at radius 1 is 1.27 bits per heavy atom. The number of hydrogen-bond acceptors (Lipinski definition) is 5. The van der Waals surface area contributed by atoms with Crippen LogP contribution in [0.2, 0.25) is 0 Å². The zero-order valence-corrected chi connectivity index (χ0v) is 16.7. The van der Waals surface area contributed by atoms with E-state index in [-0.39, 0.29) is 4.90 Å². The van der Waals surface area contributed by atoms with E-state index in [1.54, 1.807) is 24.3 Å². The summed E-state index contributed by atoms with van der Waals surface area (Å²) in [5.74, 6) is 1.37. The van der Waals surface area contributed by atoms with Gasteiger partial charge in [-0.15, -0.1) is 0 Å². The van der Waals surface area contributed by atoms with Crippen LogP contribution in [0.15, 0.2) is 33.6 Å². The quantitative estimate of drug-likeness (QED) is 0.774. The highest BCUT2D eigenvalue weighted by molar-refractivity contribution is 7.89. The van der Waals surface area contributed by atoms with Crippen LogP contribution in [0.4, 0.5) is 0 Å². The van der Waals surface area contributed by atoms with E-state index in [4.69, 9.17) is 4.42 Å². The van der Waals surface area contributed by atoms with Gasteiger partial charge in [-0.1, -0.05) is 0 Å². The normalized spacial score (nSPS) is 18.7. The molecule has 1 aliphatic heterocycles. The van der Waals surface area contributed by atoms with Gasteiger partial charge in [-0.05, 0) is 57.5 Å². The van der Waals surface area contributed by atoms with Crippen molar-refractivity contribution in [3.05, 3.63) is 35.7 Å². The lowest BCUT2D eigenvalue weighted by Crippen LogP contribution is -2.29. The molecule has 1 atom stereocenters. The minimum Gasteiger partial charge on any atom is -0.441 e. The van der Waals surface area contributed by atoms with Gasteiger partial charge in [-0.3, -0.25) is 0 Å². The second-order valence-electron chi connectivity index (χ2n) is 7.11. The van der Waals surface area contributed by atoms with Crippen molar-refractivity contribution in [3.63, 3.8) is 0 Å². The molecule has 1 aromatic carbocycles. The minimum atomic E-state index is -3.43. The van der Waals surface area contributed by atoms with Gasteiger partial charge < -0.3 is 9.32 Å². The van der Waals surface area contributed by atoms with Gasteiger partial charge >= 0.3 is 0 Å². The summed E-state index contributed by atoms with van der Waals surface area (Å²) < 4.78 is 31.3. The fourth-order valence-corrected chi connectivity index (χ4v) is 4.24. The first-order valence-electron chi connectivity index (χ1n) is 9.02. The van der Waals surface area contributed by atoms with Gasteiger partial charge in [0, 0.05) is 38.7 Å². The van der Waals surface area contributed by atoms with E-state index in [9.17, 15) is 8.42 Å². The minimum absolute atomic E-state index is 0.262. The van der Waals surface area contributed by atoms with Gasteiger partial charge in [0.25, 0.3) is 0 Å². The zero-order valence-electron chi connectivity index (χ0n) is 15.9. The van der Waals surface area contributed by atoms with Crippen LogP contribution in [0.1, 0.15) is 31.2 Å². The van der Waals surface area contributed by atoms with E-state index >= 15 is 0 Å². The Morgan fingerprint density at radius 3 is 2.54 bits per heavy atom. The summed E-state index contributed by atoms with van der Waals surface area (Å²) in [5.41, 5.74) is 1.76. The van der Waals surface area contributed by atoms with Crippen molar-refractivity contribution in [2.45, 2.75) is 44.0 Å². The van der Waals surface area contributed by atoms with Crippen molar-refractivity contribution in [3.8, 4) is 11.5 Å². The molecule has 0 amide bonds. The predicted molar refractivity (Wildman–Crippen MR) is 102 cm³/mol. The van der Waals surface area contributed by atoms with Crippen molar-refractivity contribution < 1.29 is 12.8 Å². The average Bonchev–Trinajstić information content (AvgIpc) is 3.18. The molecule has 26 heavy (non-hydrogen) atoms. The van der Waals surface area contributed by atoms with Crippen LogP contribution in [0, 0.1) is 6.92 Å². The highest BCUT2D eigenvalue weighted by atomic mass is 32.2. The summed E-state index contributed by atoms with van der Waals surface area (Å²) in [7, 11) is -0.381. The molecule has 1 aromatic heterocycles. The third kappa shape index (κ3) is 3.84. The molecule has 1 saturated heterocycles. The van der Waals surface area contributed by atoms with Crippen molar-refractivity contribution in [2.75, 3.05) is 27.2 Å². The lowest BCUT2D eigenvalue weighted by Gasteiger charge is -2.20. The SMILES string of the molecule is Cc1oc(-c2ccc(S(=O)(=O)N(C)C)cc2)nc1CCN1CCCC1C.